The summed E-state index contributed by atoms with van der Waals surface area (Å²) in [6.45, 7) is 6.29. The van der Waals surface area contributed by atoms with Crippen LogP contribution in [0.5, 0.6) is 0 Å². The standard InChI is InChI=1S/C12H16BrNOSi/c1-16(2,3)15-12(9-14)8-10-5-4-6-11(13)7-10/h4-7,12H,8H2,1-3H3. The molecule has 16 heavy (non-hydrogen) atoms. The van der Waals surface area contributed by atoms with Crippen LogP contribution in [0.1, 0.15) is 5.56 Å². The number of rotatable bonds is 4. The molecule has 0 N–H and O–H groups in total. The number of benzene rings is 1. The van der Waals surface area contributed by atoms with Gasteiger partial charge in [-0.25, -0.2) is 0 Å². The molecule has 1 atom stereocenters. The van der Waals surface area contributed by atoms with Crippen LogP contribution in [-0.4, -0.2) is 14.4 Å². The lowest BCUT2D eigenvalue weighted by Crippen LogP contribution is -2.32. The molecular weight excluding hydrogens is 282 g/mol. The topological polar surface area (TPSA) is 33.0 Å². The Kier molecular flexibility index (Phi) is 4.72. The van der Waals surface area contributed by atoms with Gasteiger partial charge in [0.2, 0.25) is 0 Å². The summed E-state index contributed by atoms with van der Waals surface area (Å²) < 4.78 is 6.83. The van der Waals surface area contributed by atoms with Gasteiger partial charge in [-0.2, -0.15) is 5.26 Å². The van der Waals surface area contributed by atoms with Crippen molar-refractivity contribution in [2.24, 2.45) is 0 Å². The van der Waals surface area contributed by atoms with Gasteiger partial charge in [0.25, 0.3) is 0 Å². The average molecular weight is 298 g/mol. The van der Waals surface area contributed by atoms with Crippen molar-refractivity contribution in [2.75, 3.05) is 0 Å². The quantitative estimate of drug-likeness (QED) is 0.793. The molecule has 1 aromatic carbocycles. The van der Waals surface area contributed by atoms with Crippen molar-refractivity contribution in [1.82, 2.24) is 0 Å². The minimum absolute atomic E-state index is 0.332. The summed E-state index contributed by atoms with van der Waals surface area (Å²) in [5.74, 6) is 0. The molecule has 0 saturated heterocycles. The smallest absolute Gasteiger partial charge is 0.185 e. The van der Waals surface area contributed by atoms with Gasteiger partial charge in [-0.1, -0.05) is 28.1 Å². The second kappa shape index (κ2) is 5.62. The van der Waals surface area contributed by atoms with Crippen molar-refractivity contribution < 1.29 is 4.43 Å². The molecule has 0 heterocycles. The van der Waals surface area contributed by atoms with Crippen LogP contribution in [0.15, 0.2) is 28.7 Å². The van der Waals surface area contributed by atoms with Crippen LogP contribution >= 0.6 is 15.9 Å². The van der Waals surface area contributed by atoms with E-state index in [2.05, 4.69) is 41.6 Å². The van der Waals surface area contributed by atoms with Crippen LogP contribution in [0.3, 0.4) is 0 Å². The lowest BCUT2D eigenvalue weighted by Gasteiger charge is -2.21. The Morgan fingerprint density at radius 2 is 2.12 bits per heavy atom. The van der Waals surface area contributed by atoms with Gasteiger partial charge in [-0.05, 0) is 37.3 Å². The SMILES string of the molecule is C[Si](C)(C)OC(C#N)Cc1cccc(Br)c1. The molecule has 0 aliphatic rings. The fraction of sp³-hybridized carbons (Fsp3) is 0.417. The summed E-state index contributed by atoms with van der Waals surface area (Å²) >= 11 is 3.42. The van der Waals surface area contributed by atoms with Crippen LogP contribution < -0.4 is 0 Å². The maximum Gasteiger partial charge on any atom is 0.185 e. The highest BCUT2D eigenvalue weighted by molar-refractivity contribution is 9.10. The Morgan fingerprint density at radius 3 is 2.62 bits per heavy atom. The molecule has 0 aliphatic carbocycles. The van der Waals surface area contributed by atoms with Crippen LogP contribution in [0.25, 0.3) is 0 Å². The Balaban J connectivity index is 2.68. The number of hydrogen-bond donors (Lipinski definition) is 0. The summed E-state index contributed by atoms with van der Waals surface area (Å²) in [7, 11) is -1.64. The van der Waals surface area contributed by atoms with Crippen LogP contribution in [0, 0.1) is 11.3 Å². The van der Waals surface area contributed by atoms with Crippen molar-refractivity contribution >= 4 is 24.2 Å². The van der Waals surface area contributed by atoms with E-state index >= 15 is 0 Å². The second-order valence-electron chi connectivity index (χ2n) is 4.68. The van der Waals surface area contributed by atoms with Crippen LogP contribution in [0.2, 0.25) is 19.6 Å². The summed E-state index contributed by atoms with van der Waals surface area (Å²) in [5, 5.41) is 9.06. The van der Waals surface area contributed by atoms with Gasteiger partial charge in [0, 0.05) is 10.9 Å². The van der Waals surface area contributed by atoms with E-state index in [1.54, 1.807) is 0 Å². The number of nitriles is 1. The van der Waals surface area contributed by atoms with E-state index in [0.29, 0.717) is 6.42 Å². The van der Waals surface area contributed by atoms with Crippen molar-refractivity contribution in [1.29, 1.82) is 5.26 Å². The predicted molar refractivity (Wildman–Crippen MR) is 71.7 cm³/mol. The Labute approximate surface area is 106 Å². The Bertz CT molecular complexity index is 395. The summed E-state index contributed by atoms with van der Waals surface area (Å²) in [6, 6.07) is 10.2. The summed E-state index contributed by atoms with van der Waals surface area (Å²) in [5.41, 5.74) is 1.12. The van der Waals surface area contributed by atoms with E-state index in [4.69, 9.17) is 9.69 Å². The van der Waals surface area contributed by atoms with Gasteiger partial charge in [-0.3, -0.25) is 0 Å². The highest BCUT2D eigenvalue weighted by atomic mass is 79.9. The zero-order chi connectivity index (χ0) is 12.2. The Morgan fingerprint density at radius 1 is 1.44 bits per heavy atom. The third kappa shape index (κ3) is 4.93. The molecule has 0 fully saturated rings. The van der Waals surface area contributed by atoms with E-state index in [1.807, 2.05) is 24.3 Å². The maximum absolute atomic E-state index is 9.06. The zero-order valence-corrected chi connectivity index (χ0v) is 12.4. The highest BCUT2D eigenvalue weighted by Gasteiger charge is 2.21. The molecular formula is C12H16BrNOSi. The number of hydrogen-bond acceptors (Lipinski definition) is 2. The molecule has 0 spiro atoms. The van der Waals surface area contributed by atoms with E-state index < -0.39 is 8.32 Å². The van der Waals surface area contributed by atoms with E-state index in [0.717, 1.165) is 10.0 Å². The zero-order valence-electron chi connectivity index (χ0n) is 9.83. The largest absolute Gasteiger partial charge is 0.402 e. The minimum atomic E-state index is -1.64. The summed E-state index contributed by atoms with van der Waals surface area (Å²) in [4.78, 5) is 0. The Hall–Kier alpha value is -0.633. The highest BCUT2D eigenvalue weighted by Crippen LogP contribution is 2.16. The van der Waals surface area contributed by atoms with Gasteiger partial charge < -0.3 is 4.43 Å². The second-order valence-corrected chi connectivity index (χ2v) is 10.1. The monoisotopic (exact) mass is 297 g/mol. The molecule has 86 valence electrons. The van der Waals surface area contributed by atoms with Crippen LogP contribution in [-0.2, 0) is 10.8 Å². The number of nitrogens with zero attached hydrogens (tertiary/aromatic N) is 1. The van der Waals surface area contributed by atoms with E-state index in [1.165, 1.54) is 0 Å². The van der Waals surface area contributed by atoms with Gasteiger partial charge in [0.1, 0.15) is 6.10 Å². The molecule has 0 aliphatic heterocycles. The normalized spacial score (nSPS) is 13.2. The first-order valence-electron chi connectivity index (χ1n) is 5.22. The summed E-state index contributed by atoms with van der Waals surface area (Å²) in [6.07, 6.45) is 0.321. The lowest BCUT2D eigenvalue weighted by molar-refractivity contribution is 0.249. The van der Waals surface area contributed by atoms with E-state index in [9.17, 15) is 0 Å². The molecule has 4 heteroatoms. The van der Waals surface area contributed by atoms with Crippen molar-refractivity contribution in [3.8, 4) is 6.07 Å². The third-order valence-electron chi connectivity index (χ3n) is 1.95. The van der Waals surface area contributed by atoms with Gasteiger partial charge in [0.05, 0.1) is 6.07 Å². The van der Waals surface area contributed by atoms with Gasteiger partial charge in [0.15, 0.2) is 8.32 Å². The third-order valence-corrected chi connectivity index (χ3v) is 3.43. The first kappa shape index (κ1) is 13.4. The van der Waals surface area contributed by atoms with Crippen molar-refractivity contribution in [3.63, 3.8) is 0 Å². The maximum atomic E-state index is 9.06. The molecule has 1 aromatic rings. The molecule has 1 rings (SSSR count). The van der Waals surface area contributed by atoms with Gasteiger partial charge in [-0.15, -0.1) is 0 Å². The predicted octanol–water partition coefficient (Wildman–Crippen LogP) is 3.74. The first-order chi connectivity index (χ1) is 7.40. The minimum Gasteiger partial charge on any atom is -0.402 e. The molecule has 0 radical (unpaired) electrons. The molecule has 0 saturated carbocycles. The molecule has 0 amide bonds. The fourth-order valence-electron chi connectivity index (χ4n) is 1.42. The molecule has 0 aromatic heterocycles. The fourth-order valence-corrected chi connectivity index (χ4v) is 2.85. The van der Waals surface area contributed by atoms with Gasteiger partial charge >= 0.3 is 0 Å². The average Bonchev–Trinajstić information content (AvgIpc) is 2.14. The van der Waals surface area contributed by atoms with Crippen molar-refractivity contribution in [2.45, 2.75) is 32.2 Å². The molecule has 2 nitrogen and oxygen atoms in total. The number of halogens is 1. The van der Waals surface area contributed by atoms with Crippen LogP contribution in [0.4, 0.5) is 0 Å². The first-order valence-corrected chi connectivity index (χ1v) is 9.43. The lowest BCUT2D eigenvalue weighted by atomic mass is 10.1. The van der Waals surface area contributed by atoms with Crippen molar-refractivity contribution in [3.05, 3.63) is 34.3 Å². The van der Waals surface area contributed by atoms with E-state index in [-0.39, 0.29) is 6.10 Å². The molecule has 1 unspecified atom stereocenters. The molecule has 0 bridgehead atoms.